The van der Waals surface area contributed by atoms with E-state index in [2.05, 4.69) is 48.4 Å². The SMILES string of the molecule is CC(C)CN(Cc1cc(Cl)c2c(c1)OCCCO2)C(=O)[C@H](C)CNCc1cccc2cc[nH]c12. The molecule has 0 unspecified atom stereocenters. The molecule has 0 bridgehead atoms. The summed E-state index contributed by atoms with van der Waals surface area (Å²) in [5.74, 6) is 1.58. The Morgan fingerprint density at radius 2 is 2.00 bits per heavy atom. The van der Waals surface area contributed by atoms with E-state index in [-0.39, 0.29) is 11.8 Å². The first-order valence-corrected chi connectivity index (χ1v) is 12.4. The number of rotatable bonds is 9. The van der Waals surface area contributed by atoms with Gasteiger partial charge in [0, 0.05) is 50.2 Å². The highest BCUT2D eigenvalue weighted by Gasteiger charge is 2.23. The number of aromatic nitrogens is 1. The van der Waals surface area contributed by atoms with Crippen molar-refractivity contribution in [3.8, 4) is 11.5 Å². The van der Waals surface area contributed by atoms with Gasteiger partial charge in [-0.25, -0.2) is 0 Å². The molecule has 1 aliphatic rings. The lowest BCUT2D eigenvalue weighted by Gasteiger charge is -2.28. The fourth-order valence-corrected chi connectivity index (χ4v) is 4.68. The molecule has 0 aliphatic carbocycles. The first kappa shape index (κ1) is 24.4. The molecule has 0 fully saturated rings. The summed E-state index contributed by atoms with van der Waals surface area (Å²) in [6.45, 7) is 9.90. The number of hydrogen-bond donors (Lipinski definition) is 2. The van der Waals surface area contributed by atoms with E-state index in [9.17, 15) is 4.79 Å². The van der Waals surface area contributed by atoms with Gasteiger partial charge in [-0.15, -0.1) is 0 Å². The number of amides is 1. The third-order valence-corrected chi connectivity index (χ3v) is 6.27. The van der Waals surface area contributed by atoms with Gasteiger partial charge in [0.15, 0.2) is 11.5 Å². The van der Waals surface area contributed by atoms with E-state index < -0.39 is 0 Å². The molecule has 4 rings (SSSR count). The zero-order valence-corrected chi connectivity index (χ0v) is 21.0. The first-order valence-electron chi connectivity index (χ1n) is 12.0. The Labute approximate surface area is 206 Å². The number of fused-ring (bicyclic) bond motifs is 2. The first-order chi connectivity index (χ1) is 16.4. The van der Waals surface area contributed by atoms with Gasteiger partial charge >= 0.3 is 0 Å². The lowest BCUT2D eigenvalue weighted by Crippen LogP contribution is -2.40. The molecule has 7 heteroatoms. The number of hydrogen-bond acceptors (Lipinski definition) is 4. The molecule has 1 aromatic heterocycles. The number of aromatic amines is 1. The Balaban J connectivity index is 1.41. The van der Waals surface area contributed by atoms with Crippen LogP contribution in [0.2, 0.25) is 5.02 Å². The number of H-pyrrole nitrogens is 1. The maximum Gasteiger partial charge on any atom is 0.226 e. The second kappa shape index (κ2) is 11.2. The highest BCUT2D eigenvalue weighted by molar-refractivity contribution is 6.32. The number of para-hydroxylation sites is 1. The third-order valence-electron chi connectivity index (χ3n) is 5.99. The fraction of sp³-hybridized carbons (Fsp3) is 0.444. The largest absolute Gasteiger partial charge is 0.489 e. The number of ether oxygens (including phenoxy) is 2. The van der Waals surface area contributed by atoms with Crippen LogP contribution in [0.3, 0.4) is 0 Å². The van der Waals surface area contributed by atoms with Crippen molar-refractivity contribution in [1.29, 1.82) is 0 Å². The molecule has 1 atom stereocenters. The third kappa shape index (κ3) is 5.86. The van der Waals surface area contributed by atoms with Gasteiger partial charge < -0.3 is 24.7 Å². The molecule has 2 heterocycles. The number of carbonyl (C=O) groups excluding carboxylic acids is 1. The number of nitrogens with zero attached hydrogens (tertiary/aromatic N) is 1. The van der Waals surface area contributed by atoms with Crippen molar-refractivity contribution in [2.24, 2.45) is 11.8 Å². The molecule has 2 aromatic carbocycles. The van der Waals surface area contributed by atoms with E-state index in [1.165, 1.54) is 10.9 Å². The van der Waals surface area contributed by atoms with Crippen molar-refractivity contribution >= 4 is 28.4 Å². The van der Waals surface area contributed by atoms with Crippen LogP contribution in [0.15, 0.2) is 42.6 Å². The lowest BCUT2D eigenvalue weighted by molar-refractivity contribution is -0.136. The van der Waals surface area contributed by atoms with Gasteiger partial charge in [-0.3, -0.25) is 4.79 Å². The Kier molecular flexibility index (Phi) is 8.01. The molecule has 0 radical (unpaired) electrons. The molecule has 34 heavy (non-hydrogen) atoms. The standard InChI is InChI=1S/C27H34ClN3O3/c1-18(2)16-31(17-20-12-23(28)26-24(13-20)33-10-5-11-34-26)27(32)19(3)14-29-15-22-7-4-6-21-8-9-30-25(21)22/h4,6-9,12-13,18-19,29-30H,5,10-11,14-17H2,1-3H3/t19-/m1/s1. The maximum atomic E-state index is 13.4. The number of halogens is 1. The zero-order chi connectivity index (χ0) is 24.1. The minimum Gasteiger partial charge on any atom is -0.489 e. The maximum absolute atomic E-state index is 13.4. The smallest absolute Gasteiger partial charge is 0.226 e. The number of nitrogens with one attached hydrogen (secondary N) is 2. The van der Waals surface area contributed by atoms with Crippen LogP contribution in [0.4, 0.5) is 0 Å². The average Bonchev–Trinajstić information content (AvgIpc) is 3.16. The zero-order valence-electron chi connectivity index (χ0n) is 20.2. The summed E-state index contributed by atoms with van der Waals surface area (Å²) in [5, 5.41) is 5.19. The minimum absolute atomic E-state index is 0.127. The van der Waals surface area contributed by atoms with Crippen LogP contribution < -0.4 is 14.8 Å². The molecular weight excluding hydrogens is 450 g/mol. The van der Waals surface area contributed by atoms with Crippen molar-refractivity contribution in [1.82, 2.24) is 15.2 Å². The van der Waals surface area contributed by atoms with Gasteiger partial charge in [0.1, 0.15) is 0 Å². The normalized spacial score (nSPS) is 14.3. The highest BCUT2D eigenvalue weighted by Crippen LogP contribution is 2.38. The van der Waals surface area contributed by atoms with Gasteiger partial charge in [0.25, 0.3) is 0 Å². The van der Waals surface area contributed by atoms with E-state index in [0.717, 1.165) is 17.5 Å². The quantitative estimate of drug-likeness (QED) is 0.428. The fourth-order valence-electron chi connectivity index (χ4n) is 4.39. The van der Waals surface area contributed by atoms with Gasteiger partial charge in [-0.1, -0.05) is 50.6 Å². The topological polar surface area (TPSA) is 66.6 Å². The summed E-state index contributed by atoms with van der Waals surface area (Å²) in [5.41, 5.74) is 3.28. The van der Waals surface area contributed by atoms with Crippen molar-refractivity contribution in [2.45, 2.75) is 40.3 Å². The average molecular weight is 484 g/mol. The van der Waals surface area contributed by atoms with Crippen LogP contribution in [0.5, 0.6) is 11.5 Å². The van der Waals surface area contributed by atoms with E-state index in [0.29, 0.717) is 61.8 Å². The molecule has 1 amide bonds. The van der Waals surface area contributed by atoms with Crippen molar-refractivity contribution in [3.05, 3.63) is 58.7 Å². The Morgan fingerprint density at radius 1 is 1.18 bits per heavy atom. The summed E-state index contributed by atoms with van der Waals surface area (Å²) in [6.07, 6.45) is 2.77. The Morgan fingerprint density at radius 3 is 2.82 bits per heavy atom. The number of carbonyl (C=O) groups is 1. The second-order valence-corrected chi connectivity index (χ2v) is 9.87. The molecule has 3 aromatic rings. The van der Waals surface area contributed by atoms with Crippen molar-refractivity contribution < 1.29 is 14.3 Å². The minimum atomic E-state index is -0.155. The highest BCUT2D eigenvalue weighted by atomic mass is 35.5. The molecule has 0 saturated carbocycles. The molecule has 0 saturated heterocycles. The Hall–Kier alpha value is -2.70. The molecule has 0 spiro atoms. The van der Waals surface area contributed by atoms with Gasteiger partial charge in [0.05, 0.1) is 18.2 Å². The van der Waals surface area contributed by atoms with E-state index >= 15 is 0 Å². The van der Waals surface area contributed by atoms with Gasteiger partial charge in [-0.05, 0) is 40.6 Å². The van der Waals surface area contributed by atoms with Crippen LogP contribution in [-0.2, 0) is 17.9 Å². The van der Waals surface area contributed by atoms with Gasteiger partial charge in [-0.2, -0.15) is 0 Å². The molecule has 6 nitrogen and oxygen atoms in total. The molecule has 1 aliphatic heterocycles. The molecule has 182 valence electrons. The van der Waals surface area contributed by atoms with E-state index in [4.69, 9.17) is 21.1 Å². The molecule has 2 N–H and O–H groups in total. The predicted molar refractivity (Wildman–Crippen MR) is 136 cm³/mol. The van der Waals surface area contributed by atoms with Crippen LogP contribution >= 0.6 is 11.6 Å². The summed E-state index contributed by atoms with van der Waals surface area (Å²) < 4.78 is 11.6. The van der Waals surface area contributed by atoms with Crippen LogP contribution in [0, 0.1) is 11.8 Å². The Bertz CT molecular complexity index is 1130. The van der Waals surface area contributed by atoms with E-state index in [1.54, 1.807) is 0 Å². The van der Waals surface area contributed by atoms with Crippen molar-refractivity contribution in [2.75, 3.05) is 26.3 Å². The predicted octanol–water partition coefficient (Wildman–Crippen LogP) is 5.39. The summed E-state index contributed by atoms with van der Waals surface area (Å²) >= 11 is 6.49. The van der Waals surface area contributed by atoms with Crippen LogP contribution in [0.25, 0.3) is 10.9 Å². The van der Waals surface area contributed by atoms with Crippen molar-refractivity contribution in [3.63, 3.8) is 0 Å². The van der Waals surface area contributed by atoms with Crippen LogP contribution in [0.1, 0.15) is 38.3 Å². The summed E-state index contributed by atoms with van der Waals surface area (Å²) in [4.78, 5) is 18.6. The molecular formula is C27H34ClN3O3. The van der Waals surface area contributed by atoms with Gasteiger partial charge in [0.2, 0.25) is 5.91 Å². The lowest BCUT2D eigenvalue weighted by atomic mass is 10.1. The monoisotopic (exact) mass is 483 g/mol. The summed E-state index contributed by atoms with van der Waals surface area (Å²) in [7, 11) is 0. The summed E-state index contributed by atoms with van der Waals surface area (Å²) in [6, 6.07) is 12.2. The van der Waals surface area contributed by atoms with E-state index in [1.807, 2.05) is 30.2 Å². The number of benzene rings is 2. The van der Waals surface area contributed by atoms with Crippen LogP contribution in [-0.4, -0.2) is 42.1 Å². The second-order valence-electron chi connectivity index (χ2n) is 9.46.